The van der Waals surface area contributed by atoms with E-state index in [2.05, 4.69) is 16.6 Å². The minimum Gasteiger partial charge on any atom is -0.289 e. The molecule has 0 unspecified atom stereocenters. The number of hydroxylamine groups is 1. The first-order valence-electron chi connectivity index (χ1n) is 7.66. The highest BCUT2D eigenvalue weighted by Gasteiger charge is 2.02. The lowest BCUT2D eigenvalue weighted by molar-refractivity contribution is -0.129. The van der Waals surface area contributed by atoms with Gasteiger partial charge >= 0.3 is 0 Å². The first-order chi connectivity index (χ1) is 10.2. The second-order valence-corrected chi connectivity index (χ2v) is 5.27. The molecule has 1 rings (SSSR count). The molecule has 1 aliphatic rings. The van der Waals surface area contributed by atoms with E-state index < -0.39 is 0 Å². The van der Waals surface area contributed by atoms with Crippen molar-refractivity contribution in [2.45, 2.75) is 64.2 Å². The Kier molecular flexibility index (Phi) is 9.11. The molecule has 0 fully saturated rings. The van der Waals surface area contributed by atoms with Crippen molar-refractivity contribution in [3.63, 3.8) is 0 Å². The molecule has 0 bridgehead atoms. The van der Waals surface area contributed by atoms with Crippen molar-refractivity contribution < 1.29 is 14.8 Å². The van der Waals surface area contributed by atoms with Crippen LogP contribution in [0.25, 0.3) is 0 Å². The molecular weight excluding hydrogens is 270 g/mol. The van der Waals surface area contributed by atoms with Crippen LogP contribution in [0, 0.1) is 0 Å². The Morgan fingerprint density at radius 1 is 1.14 bits per heavy atom. The van der Waals surface area contributed by atoms with Crippen molar-refractivity contribution in [1.29, 1.82) is 0 Å². The highest BCUT2D eigenvalue weighted by Crippen LogP contribution is 2.15. The number of unbranched alkanes of at least 4 members (excludes halogenated alkanes) is 3. The summed E-state index contributed by atoms with van der Waals surface area (Å²) in [5.74, 6) is -0.435. The normalized spacial score (nSPS) is 14.8. The van der Waals surface area contributed by atoms with Crippen LogP contribution in [-0.2, 0) is 9.59 Å². The second kappa shape index (κ2) is 11.0. The fraction of sp³-hybridized carbons (Fsp3) is 0.667. The van der Waals surface area contributed by atoms with E-state index >= 15 is 0 Å². The maximum Gasteiger partial charge on any atom is 0.243 e. The van der Waals surface area contributed by atoms with Gasteiger partial charge in [-0.25, -0.2) is 10.9 Å². The summed E-state index contributed by atoms with van der Waals surface area (Å²) < 4.78 is 0. The van der Waals surface area contributed by atoms with Crippen molar-refractivity contribution in [2.24, 2.45) is 5.10 Å². The molecule has 0 heterocycles. The zero-order valence-corrected chi connectivity index (χ0v) is 12.4. The molecule has 0 radical (unpaired) electrons. The van der Waals surface area contributed by atoms with Crippen molar-refractivity contribution >= 4 is 18.0 Å². The molecular formula is C15H25N3O3. The summed E-state index contributed by atoms with van der Waals surface area (Å²) in [6.07, 6.45) is 12.5. The molecule has 0 aromatic rings. The third-order valence-electron chi connectivity index (χ3n) is 3.43. The minimum absolute atomic E-state index is 0.0734. The van der Waals surface area contributed by atoms with Crippen LogP contribution in [-0.4, -0.2) is 23.2 Å². The number of amides is 2. The van der Waals surface area contributed by atoms with Gasteiger partial charge in [-0.3, -0.25) is 14.8 Å². The lowest BCUT2D eigenvalue weighted by Crippen LogP contribution is -2.18. The number of nitrogens with zero attached hydrogens (tertiary/aromatic N) is 1. The Bertz CT molecular complexity index is 392. The van der Waals surface area contributed by atoms with Crippen molar-refractivity contribution in [3.8, 4) is 0 Å². The fourth-order valence-corrected chi connectivity index (χ4v) is 2.20. The molecule has 0 spiro atoms. The Morgan fingerprint density at radius 2 is 1.86 bits per heavy atom. The Labute approximate surface area is 125 Å². The van der Waals surface area contributed by atoms with Crippen LogP contribution in [0.5, 0.6) is 0 Å². The van der Waals surface area contributed by atoms with Gasteiger partial charge in [0.1, 0.15) is 0 Å². The monoisotopic (exact) mass is 295 g/mol. The first kappa shape index (κ1) is 17.4. The van der Waals surface area contributed by atoms with Crippen LogP contribution in [0.15, 0.2) is 16.8 Å². The van der Waals surface area contributed by atoms with E-state index in [0.717, 1.165) is 38.5 Å². The number of hydrazone groups is 1. The molecule has 0 aromatic carbocycles. The summed E-state index contributed by atoms with van der Waals surface area (Å²) in [7, 11) is 0. The lowest BCUT2D eigenvalue weighted by atomic mass is 10.0. The van der Waals surface area contributed by atoms with E-state index in [1.54, 1.807) is 11.7 Å². The van der Waals surface area contributed by atoms with Gasteiger partial charge in [-0.1, -0.05) is 18.9 Å². The molecule has 0 saturated carbocycles. The highest BCUT2D eigenvalue weighted by molar-refractivity contribution is 5.81. The fourth-order valence-electron chi connectivity index (χ4n) is 2.20. The Morgan fingerprint density at radius 3 is 2.48 bits per heavy atom. The SMILES string of the molecule is O=C(CCCCCCC(=O)N/N=C/C1=CCCCC1)NO. The quantitative estimate of drug-likeness (QED) is 0.264. The van der Waals surface area contributed by atoms with Gasteiger partial charge in [0.25, 0.3) is 0 Å². The summed E-state index contributed by atoms with van der Waals surface area (Å²) >= 11 is 0. The van der Waals surface area contributed by atoms with Gasteiger partial charge in [-0.15, -0.1) is 0 Å². The lowest BCUT2D eigenvalue weighted by Gasteiger charge is -2.07. The maximum atomic E-state index is 11.5. The van der Waals surface area contributed by atoms with E-state index in [1.807, 2.05) is 0 Å². The van der Waals surface area contributed by atoms with Crippen LogP contribution >= 0.6 is 0 Å². The van der Waals surface area contributed by atoms with Crippen molar-refractivity contribution in [2.75, 3.05) is 0 Å². The van der Waals surface area contributed by atoms with Crippen LogP contribution < -0.4 is 10.9 Å². The summed E-state index contributed by atoms with van der Waals surface area (Å²) in [6, 6.07) is 0. The summed E-state index contributed by atoms with van der Waals surface area (Å²) in [6.45, 7) is 0. The summed E-state index contributed by atoms with van der Waals surface area (Å²) in [4.78, 5) is 22.3. The molecule has 6 heteroatoms. The number of hydrogen-bond donors (Lipinski definition) is 3. The highest BCUT2D eigenvalue weighted by atomic mass is 16.5. The van der Waals surface area contributed by atoms with Crippen LogP contribution in [0.1, 0.15) is 64.2 Å². The number of allylic oxidation sites excluding steroid dienone is 2. The number of hydrogen-bond acceptors (Lipinski definition) is 4. The third-order valence-corrected chi connectivity index (χ3v) is 3.43. The van der Waals surface area contributed by atoms with Crippen LogP contribution in [0.4, 0.5) is 0 Å². The predicted molar refractivity (Wildman–Crippen MR) is 80.8 cm³/mol. The van der Waals surface area contributed by atoms with E-state index in [4.69, 9.17) is 5.21 Å². The van der Waals surface area contributed by atoms with Gasteiger partial charge in [-0.2, -0.15) is 5.10 Å². The number of carbonyl (C=O) groups is 2. The molecule has 21 heavy (non-hydrogen) atoms. The first-order valence-corrected chi connectivity index (χ1v) is 7.66. The average molecular weight is 295 g/mol. The van der Waals surface area contributed by atoms with Gasteiger partial charge in [-0.05, 0) is 44.1 Å². The smallest absolute Gasteiger partial charge is 0.243 e. The standard InChI is InChI=1S/C15H25N3O3/c19-14(10-6-1-2-7-11-15(20)18-21)17-16-12-13-8-4-3-5-9-13/h8,12,21H,1-7,9-11H2,(H,17,19)(H,18,20)/b16-12+. The van der Waals surface area contributed by atoms with E-state index in [9.17, 15) is 9.59 Å². The largest absolute Gasteiger partial charge is 0.289 e. The van der Waals surface area contributed by atoms with Crippen molar-refractivity contribution in [3.05, 3.63) is 11.6 Å². The topological polar surface area (TPSA) is 90.8 Å². The second-order valence-electron chi connectivity index (χ2n) is 5.27. The van der Waals surface area contributed by atoms with Gasteiger partial charge < -0.3 is 0 Å². The summed E-state index contributed by atoms with van der Waals surface area (Å²) in [5, 5.41) is 12.3. The molecule has 0 saturated heterocycles. The molecule has 118 valence electrons. The van der Waals surface area contributed by atoms with Gasteiger partial charge in [0.15, 0.2) is 0 Å². The molecule has 0 aliphatic heterocycles. The van der Waals surface area contributed by atoms with Gasteiger partial charge in [0, 0.05) is 12.8 Å². The Balaban J connectivity index is 2.00. The number of carbonyl (C=O) groups excluding carboxylic acids is 2. The van der Waals surface area contributed by atoms with Gasteiger partial charge in [0.05, 0.1) is 6.21 Å². The van der Waals surface area contributed by atoms with Crippen LogP contribution in [0.3, 0.4) is 0 Å². The molecule has 0 atom stereocenters. The number of rotatable bonds is 9. The molecule has 1 aliphatic carbocycles. The molecule has 6 nitrogen and oxygen atoms in total. The zero-order valence-electron chi connectivity index (χ0n) is 12.4. The molecule has 2 amide bonds. The Hall–Kier alpha value is -1.69. The minimum atomic E-state index is -0.362. The van der Waals surface area contributed by atoms with E-state index in [0.29, 0.717) is 12.8 Å². The van der Waals surface area contributed by atoms with Gasteiger partial charge in [0.2, 0.25) is 11.8 Å². The van der Waals surface area contributed by atoms with E-state index in [1.165, 1.54) is 18.4 Å². The van der Waals surface area contributed by atoms with E-state index in [-0.39, 0.29) is 11.8 Å². The van der Waals surface area contributed by atoms with Crippen molar-refractivity contribution in [1.82, 2.24) is 10.9 Å². The zero-order chi connectivity index (χ0) is 15.3. The third kappa shape index (κ3) is 8.96. The number of nitrogens with one attached hydrogen (secondary N) is 2. The predicted octanol–water partition coefficient (Wildman–Crippen LogP) is 2.43. The average Bonchev–Trinajstić information content (AvgIpc) is 2.51. The summed E-state index contributed by atoms with van der Waals surface area (Å²) in [5.41, 5.74) is 5.34. The van der Waals surface area contributed by atoms with Crippen LogP contribution in [0.2, 0.25) is 0 Å². The molecule has 3 N–H and O–H groups in total. The maximum absolute atomic E-state index is 11.5. The molecule has 0 aromatic heterocycles.